The van der Waals surface area contributed by atoms with Crippen LogP contribution in [0.2, 0.25) is 0 Å². The van der Waals surface area contributed by atoms with Crippen LogP contribution in [0.3, 0.4) is 0 Å². The number of hydrogen-bond acceptors (Lipinski definition) is 4. The van der Waals surface area contributed by atoms with E-state index in [1.54, 1.807) is 0 Å². The van der Waals surface area contributed by atoms with Crippen molar-refractivity contribution in [1.82, 2.24) is 10.2 Å². The molecule has 0 bridgehead atoms. The minimum atomic E-state index is -0.584. The van der Waals surface area contributed by atoms with Gasteiger partial charge in [-0.15, -0.1) is 0 Å². The van der Waals surface area contributed by atoms with E-state index >= 15 is 0 Å². The molecule has 2 aliphatic rings. The lowest BCUT2D eigenvalue weighted by molar-refractivity contribution is -0.136. The number of hydrogen-bond donors (Lipinski definition) is 2. The van der Waals surface area contributed by atoms with Crippen molar-refractivity contribution >= 4 is 29.3 Å². The Labute approximate surface area is 160 Å². The SMILES string of the molecule is Cc1cccc(NC(=O)C(=O)NCC2CCN([C@H]3CCSC3)CC2)c1C. The van der Waals surface area contributed by atoms with E-state index in [2.05, 4.69) is 27.3 Å². The van der Waals surface area contributed by atoms with Crippen molar-refractivity contribution in [2.45, 2.75) is 39.2 Å². The molecule has 1 aromatic rings. The maximum absolute atomic E-state index is 12.1. The molecule has 5 nitrogen and oxygen atoms in total. The second-order valence-corrected chi connectivity index (χ2v) is 8.56. The van der Waals surface area contributed by atoms with Gasteiger partial charge in [-0.3, -0.25) is 14.5 Å². The molecule has 1 aromatic carbocycles. The van der Waals surface area contributed by atoms with E-state index in [1.807, 2.05) is 32.0 Å². The van der Waals surface area contributed by atoms with Crippen LogP contribution >= 0.6 is 11.8 Å². The Morgan fingerprint density at radius 3 is 2.62 bits per heavy atom. The highest BCUT2D eigenvalue weighted by Crippen LogP contribution is 2.26. The van der Waals surface area contributed by atoms with Crippen molar-refractivity contribution in [1.29, 1.82) is 0 Å². The molecule has 3 rings (SSSR count). The zero-order valence-electron chi connectivity index (χ0n) is 15.7. The van der Waals surface area contributed by atoms with Gasteiger partial charge in [0.05, 0.1) is 0 Å². The summed E-state index contributed by atoms with van der Waals surface area (Å²) in [6, 6.07) is 6.44. The minimum Gasteiger partial charge on any atom is -0.348 e. The lowest BCUT2D eigenvalue weighted by Gasteiger charge is -2.35. The van der Waals surface area contributed by atoms with Crippen LogP contribution in [0.15, 0.2) is 18.2 Å². The number of benzene rings is 1. The summed E-state index contributed by atoms with van der Waals surface area (Å²) in [6.45, 7) is 6.74. The van der Waals surface area contributed by atoms with Crippen molar-refractivity contribution in [3.63, 3.8) is 0 Å². The standard InChI is InChI=1S/C20H29N3O2S/c1-14-4-3-5-18(15(14)2)22-20(25)19(24)21-12-16-6-9-23(10-7-16)17-8-11-26-13-17/h3-5,16-17H,6-13H2,1-2H3,(H,21,24)(H,22,25)/t17-/m0/s1. The largest absolute Gasteiger partial charge is 0.348 e. The Morgan fingerprint density at radius 2 is 1.92 bits per heavy atom. The Morgan fingerprint density at radius 1 is 1.15 bits per heavy atom. The van der Waals surface area contributed by atoms with E-state index in [4.69, 9.17) is 0 Å². The van der Waals surface area contributed by atoms with Gasteiger partial charge in [-0.2, -0.15) is 11.8 Å². The molecule has 2 saturated heterocycles. The van der Waals surface area contributed by atoms with Crippen LogP contribution in [0.4, 0.5) is 5.69 Å². The number of nitrogens with zero attached hydrogens (tertiary/aromatic N) is 1. The van der Waals surface area contributed by atoms with Crippen LogP contribution < -0.4 is 10.6 Å². The first-order valence-corrected chi connectivity index (χ1v) is 10.7. The Bertz CT molecular complexity index is 650. The normalized spacial score (nSPS) is 21.5. The number of rotatable bonds is 4. The van der Waals surface area contributed by atoms with E-state index in [0.29, 0.717) is 18.2 Å². The zero-order valence-corrected chi connectivity index (χ0v) is 16.5. The fraction of sp³-hybridized carbons (Fsp3) is 0.600. The van der Waals surface area contributed by atoms with Crippen molar-refractivity contribution in [2.75, 3.05) is 36.5 Å². The maximum Gasteiger partial charge on any atom is 0.313 e. The number of thioether (sulfide) groups is 1. The highest BCUT2D eigenvalue weighted by Gasteiger charge is 2.27. The first-order valence-electron chi connectivity index (χ1n) is 9.52. The number of aryl methyl sites for hydroxylation is 1. The van der Waals surface area contributed by atoms with Gasteiger partial charge in [0.25, 0.3) is 0 Å². The van der Waals surface area contributed by atoms with Gasteiger partial charge in [0.1, 0.15) is 0 Å². The summed E-state index contributed by atoms with van der Waals surface area (Å²) in [5, 5.41) is 5.54. The van der Waals surface area contributed by atoms with Crippen molar-refractivity contribution in [3.05, 3.63) is 29.3 Å². The van der Waals surface area contributed by atoms with Gasteiger partial charge in [0, 0.05) is 24.0 Å². The first-order chi connectivity index (χ1) is 12.5. The fourth-order valence-corrected chi connectivity index (χ4v) is 4.97. The third-order valence-electron chi connectivity index (χ3n) is 5.68. The van der Waals surface area contributed by atoms with Crippen LogP contribution in [0, 0.1) is 19.8 Å². The fourth-order valence-electron chi connectivity index (χ4n) is 3.72. The monoisotopic (exact) mass is 375 g/mol. The van der Waals surface area contributed by atoms with Crippen LogP contribution in [-0.4, -0.2) is 53.9 Å². The second-order valence-electron chi connectivity index (χ2n) is 7.41. The van der Waals surface area contributed by atoms with Crippen LogP contribution in [0.5, 0.6) is 0 Å². The zero-order chi connectivity index (χ0) is 18.5. The van der Waals surface area contributed by atoms with Gasteiger partial charge >= 0.3 is 11.8 Å². The van der Waals surface area contributed by atoms with Gasteiger partial charge in [0.2, 0.25) is 0 Å². The number of carbonyl (C=O) groups excluding carboxylic acids is 2. The van der Waals surface area contributed by atoms with Crippen LogP contribution in [0.1, 0.15) is 30.4 Å². The number of carbonyl (C=O) groups is 2. The summed E-state index contributed by atoms with van der Waals surface area (Å²) >= 11 is 2.05. The Hall–Kier alpha value is -1.53. The molecule has 2 aliphatic heterocycles. The number of anilines is 1. The average Bonchev–Trinajstić information content (AvgIpc) is 3.18. The van der Waals surface area contributed by atoms with Gasteiger partial charge in [-0.25, -0.2) is 0 Å². The molecule has 2 amide bonds. The summed E-state index contributed by atoms with van der Waals surface area (Å²) in [4.78, 5) is 26.9. The van der Waals surface area contributed by atoms with Crippen molar-refractivity contribution in [2.24, 2.45) is 5.92 Å². The topological polar surface area (TPSA) is 61.4 Å². The quantitative estimate of drug-likeness (QED) is 0.794. The molecule has 2 N–H and O–H groups in total. The molecule has 26 heavy (non-hydrogen) atoms. The molecule has 6 heteroatoms. The predicted octanol–water partition coefficient (Wildman–Crippen LogP) is 2.58. The third-order valence-corrected chi connectivity index (χ3v) is 6.83. The predicted molar refractivity (Wildman–Crippen MR) is 108 cm³/mol. The van der Waals surface area contributed by atoms with Gasteiger partial charge in [-0.1, -0.05) is 12.1 Å². The number of nitrogens with one attached hydrogen (secondary N) is 2. The summed E-state index contributed by atoms with van der Waals surface area (Å²) in [7, 11) is 0. The average molecular weight is 376 g/mol. The molecule has 2 heterocycles. The van der Waals surface area contributed by atoms with E-state index < -0.39 is 11.8 Å². The molecule has 142 valence electrons. The van der Waals surface area contributed by atoms with Gasteiger partial charge in [0.15, 0.2) is 0 Å². The summed E-state index contributed by atoms with van der Waals surface area (Å²) in [5.74, 6) is 1.90. The van der Waals surface area contributed by atoms with E-state index in [-0.39, 0.29) is 0 Å². The van der Waals surface area contributed by atoms with Crippen LogP contribution in [-0.2, 0) is 9.59 Å². The second kappa shape index (κ2) is 8.91. The molecule has 0 radical (unpaired) electrons. The molecular weight excluding hydrogens is 346 g/mol. The van der Waals surface area contributed by atoms with Crippen molar-refractivity contribution < 1.29 is 9.59 Å². The number of amides is 2. The van der Waals surface area contributed by atoms with Gasteiger partial charge in [-0.05, 0) is 75.1 Å². The Kier molecular flexibility index (Phi) is 6.59. The summed E-state index contributed by atoms with van der Waals surface area (Å²) in [5.41, 5.74) is 2.79. The number of likely N-dealkylation sites (tertiary alicyclic amines) is 1. The van der Waals surface area contributed by atoms with E-state index in [9.17, 15) is 9.59 Å². The lowest BCUT2D eigenvalue weighted by Crippen LogP contribution is -2.45. The number of piperidine rings is 1. The highest BCUT2D eigenvalue weighted by atomic mass is 32.2. The maximum atomic E-state index is 12.1. The highest BCUT2D eigenvalue weighted by molar-refractivity contribution is 7.99. The molecule has 0 spiro atoms. The molecule has 1 atom stereocenters. The molecule has 2 fully saturated rings. The van der Waals surface area contributed by atoms with Crippen LogP contribution in [0.25, 0.3) is 0 Å². The Balaban J connectivity index is 1.41. The molecule has 0 unspecified atom stereocenters. The third kappa shape index (κ3) is 4.80. The molecule has 0 aliphatic carbocycles. The molecule has 0 saturated carbocycles. The summed E-state index contributed by atoms with van der Waals surface area (Å²) in [6.07, 6.45) is 3.50. The first kappa shape index (κ1) is 19.2. The smallest absolute Gasteiger partial charge is 0.313 e. The van der Waals surface area contributed by atoms with E-state index in [1.165, 1.54) is 17.9 Å². The van der Waals surface area contributed by atoms with E-state index in [0.717, 1.165) is 43.1 Å². The van der Waals surface area contributed by atoms with Gasteiger partial charge < -0.3 is 10.6 Å². The molecular formula is C20H29N3O2S. The van der Waals surface area contributed by atoms with Crippen molar-refractivity contribution in [3.8, 4) is 0 Å². The summed E-state index contributed by atoms with van der Waals surface area (Å²) < 4.78 is 0. The minimum absolute atomic E-state index is 0.470. The lowest BCUT2D eigenvalue weighted by atomic mass is 9.95. The molecule has 0 aromatic heterocycles.